The average Bonchev–Trinajstić information content (AvgIpc) is 3.91. The molecule has 0 aliphatic carbocycles. The third-order valence-corrected chi connectivity index (χ3v) is 11.4. The van der Waals surface area contributed by atoms with Crippen LogP contribution < -0.4 is 10.00 Å². The van der Waals surface area contributed by atoms with Crippen LogP contribution in [-0.4, -0.2) is 30.2 Å². The number of thiocarbonyl (C=S) groups is 1. The average molecular weight is 1100 g/mol. The fourth-order valence-electron chi connectivity index (χ4n) is 7.63. The van der Waals surface area contributed by atoms with Crippen molar-refractivity contribution in [2.75, 3.05) is 4.90 Å². The van der Waals surface area contributed by atoms with Crippen LogP contribution in [0.1, 0.15) is 133 Å². The summed E-state index contributed by atoms with van der Waals surface area (Å²) in [6.45, 7) is 15.2. The maximum absolute atomic E-state index is 13.1. The number of hydrogen-bond acceptors (Lipinski definition) is 7. The molecule has 7 rings (SSSR count). The number of aromatic nitrogens is 6. The van der Waals surface area contributed by atoms with Gasteiger partial charge in [0.15, 0.2) is 0 Å². The number of alkyl halides is 3. The van der Waals surface area contributed by atoms with Crippen molar-refractivity contribution in [3.05, 3.63) is 179 Å². The molecular formula is C61H67F3N8RuS. The monoisotopic (exact) mass is 1100 g/mol. The van der Waals surface area contributed by atoms with Crippen LogP contribution in [-0.2, 0) is 38.5 Å². The molecule has 0 unspecified atom stereocenters. The van der Waals surface area contributed by atoms with Gasteiger partial charge in [-0.05, 0) is 151 Å². The minimum atomic E-state index is -4.55. The third kappa shape index (κ3) is 19.4. The molecule has 7 aromatic rings. The third-order valence-electron chi connectivity index (χ3n) is 11.4. The summed E-state index contributed by atoms with van der Waals surface area (Å²) >= 11 is 3.70. The number of anilines is 3. The zero-order valence-corrected chi connectivity index (χ0v) is 46.1. The molecule has 0 radical (unpaired) electrons. The molecule has 0 saturated carbocycles. The molecule has 0 fully saturated rings. The van der Waals surface area contributed by atoms with Crippen molar-refractivity contribution < 1.29 is 32.6 Å². The van der Waals surface area contributed by atoms with Gasteiger partial charge in [-0.25, -0.2) is 4.98 Å². The largest absolute Gasteiger partial charge is 2.00 e. The predicted molar refractivity (Wildman–Crippen MR) is 301 cm³/mol. The summed E-state index contributed by atoms with van der Waals surface area (Å²) in [4.78, 5) is 20.5. The molecule has 0 bridgehead atoms. The zero-order chi connectivity index (χ0) is 52.6. The van der Waals surface area contributed by atoms with Gasteiger partial charge in [-0.1, -0.05) is 153 Å². The molecule has 2 aromatic carbocycles. The van der Waals surface area contributed by atoms with Crippen LogP contribution in [0.2, 0.25) is 0 Å². The van der Waals surface area contributed by atoms with E-state index in [0.29, 0.717) is 5.69 Å². The molecule has 0 N–H and O–H groups in total. The van der Waals surface area contributed by atoms with Crippen LogP contribution in [0, 0.1) is 5.41 Å². The number of allylic oxidation sites excluding steroid dienone is 3. The van der Waals surface area contributed by atoms with Gasteiger partial charge in [0.05, 0.1) is 28.5 Å². The summed E-state index contributed by atoms with van der Waals surface area (Å²) in [6.07, 6.45) is 24.8. The molecule has 8 nitrogen and oxygen atoms in total. The Morgan fingerprint density at radius 1 is 0.581 bits per heavy atom. The molecular weight excluding hydrogens is 1030 g/mol. The van der Waals surface area contributed by atoms with E-state index in [0.717, 1.165) is 101 Å². The summed E-state index contributed by atoms with van der Waals surface area (Å²) < 4.78 is 39.3. The first-order valence-electron chi connectivity index (χ1n) is 25.2. The molecule has 386 valence electrons. The number of halogens is 3. The van der Waals surface area contributed by atoms with Crippen LogP contribution in [0.4, 0.5) is 30.2 Å². The summed E-state index contributed by atoms with van der Waals surface area (Å²) in [5, 5.41) is 15.5. The van der Waals surface area contributed by atoms with Crippen LogP contribution in [0.25, 0.3) is 57.8 Å². The fraction of sp³-hybridized carbons (Fsp3) is 0.311. The second-order valence-corrected chi connectivity index (χ2v) is 18.8. The number of hydrogen-bond donors (Lipinski definition) is 0. The van der Waals surface area contributed by atoms with Gasteiger partial charge in [0.2, 0.25) is 0 Å². The van der Waals surface area contributed by atoms with Crippen molar-refractivity contribution in [1.82, 2.24) is 30.1 Å². The van der Waals surface area contributed by atoms with E-state index in [1.54, 1.807) is 12.3 Å². The van der Waals surface area contributed by atoms with Gasteiger partial charge >= 0.3 is 25.7 Å². The van der Waals surface area contributed by atoms with Crippen LogP contribution >= 0.6 is 12.2 Å². The van der Waals surface area contributed by atoms with Gasteiger partial charge in [-0.3, -0.25) is 15.0 Å². The molecule has 0 amide bonds. The Kier molecular flexibility index (Phi) is 24.8. The Morgan fingerprint density at radius 2 is 1.04 bits per heavy atom. The van der Waals surface area contributed by atoms with Gasteiger partial charge in [-0.2, -0.15) is 18.3 Å². The molecule has 0 saturated heterocycles. The number of isothiocyanates is 1. The van der Waals surface area contributed by atoms with Gasteiger partial charge in [0.1, 0.15) is 5.69 Å². The van der Waals surface area contributed by atoms with E-state index < -0.39 is 11.9 Å². The van der Waals surface area contributed by atoms with E-state index in [1.807, 2.05) is 30.6 Å². The minimum absolute atomic E-state index is 0. The predicted octanol–water partition coefficient (Wildman–Crippen LogP) is 17.8. The molecule has 0 aliphatic rings. The maximum Gasteiger partial charge on any atom is 2.00 e. The van der Waals surface area contributed by atoms with Crippen molar-refractivity contribution in [1.29, 1.82) is 0 Å². The Balaban J connectivity index is 0.000000304. The molecule has 5 aromatic heterocycles. The Hall–Kier alpha value is -6.52. The normalized spacial score (nSPS) is 11.4. The summed E-state index contributed by atoms with van der Waals surface area (Å²) in [6, 6.07) is 34.0. The zero-order valence-electron chi connectivity index (χ0n) is 43.6. The van der Waals surface area contributed by atoms with E-state index in [2.05, 4.69) is 200 Å². The Morgan fingerprint density at radius 3 is 1.50 bits per heavy atom. The van der Waals surface area contributed by atoms with E-state index in [9.17, 15) is 13.2 Å². The van der Waals surface area contributed by atoms with Crippen molar-refractivity contribution >= 4 is 52.7 Å². The van der Waals surface area contributed by atoms with Crippen LogP contribution in [0.3, 0.4) is 0 Å². The first kappa shape index (κ1) is 60.0. The topological polar surface area (TPSA) is 104 Å². The van der Waals surface area contributed by atoms with Crippen LogP contribution in [0.15, 0.2) is 140 Å². The van der Waals surface area contributed by atoms with Crippen molar-refractivity contribution in [2.45, 2.75) is 119 Å². The van der Waals surface area contributed by atoms with Crippen molar-refractivity contribution in [3.8, 4) is 34.2 Å². The van der Waals surface area contributed by atoms with Gasteiger partial charge < -0.3 is 20.5 Å². The van der Waals surface area contributed by atoms with Gasteiger partial charge in [-0.15, -0.1) is 0 Å². The minimum Gasteiger partial charge on any atom is -0.753 e. The Labute approximate surface area is 455 Å². The quantitative estimate of drug-likeness (QED) is 0.0341. The number of nitrogens with zero attached hydrogens (tertiary/aromatic N) is 8. The fourth-order valence-corrected chi connectivity index (χ4v) is 7.63. The second kappa shape index (κ2) is 30.6. The number of unbranched alkanes of at least 4 members (excludes halogenated alkanes) is 4. The van der Waals surface area contributed by atoms with E-state index in [4.69, 9.17) is 10.4 Å². The van der Waals surface area contributed by atoms with Crippen molar-refractivity contribution in [3.63, 3.8) is 0 Å². The maximum atomic E-state index is 13.1. The summed E-state index contributed by atoms with van der Waals surface area (Å²) in [5.41, 5.74) is 11.6. The molecule has 0 spiro atoms. The molecule has 0 atom stereocenters. The first-order chi connectivity index (χ1) is 35.2. The number of aryl methyl sites for hydroxylation is 2. The first-order valence-corrected chi connectivity index (χ1v) is 25.6. The van der Waals surface area contributed by atoms with E-state index in [-0.39, 0.29) is 30.6 Å². The van der Waals surface area contributed by atoms with Crippen LogP contribution in [0.5, 0.6) is 0 Å². The summed E-state index contributed by atoms with van der Waals surface area (Å²) in [7, 11) is 0. The van der Waals surface area contributed by atoms with Crippen molar-refractivity contribution in [2.24, 2.45) is 5.41 Å². The molecule has 74 heavy (non-hydrogen) atoms. The number of benzene rings is 2. The Bertz CT molecular complexity index is 2860. The van der Waals surface area contributed by atoms with Gasteiger partial charge in [0.25, 0.3) is 0 Å². The number of pyridine rings is 4. The van der Waals surface area contributed by atoms with Gasteiger partial charge in [0, 0.05) is 35.7 Å². The number of rotatable bonds is 19. The smallest absolute Gasteiger partial charge is 0.753 e. The van der Waals surface area contributed by atoms with E-state index >= 15 is 0 Å². The standard InChI is InChI=1S/C31H34F3N4.C29H33N3.CNS.Ru/c1-3-5-7-9-23-11-15-25(16-12-23)38(26-17-13-24(14-18-26)10-8-6-4-2)27-19-20-35-28(21-27)29-22-30(37-36-29)31(32,33)34;1-6-8-10-22-13-16-30-25(18-22)27-20-24(11-9-7-2)21-28(32-27)26-19-23(14-17-31-26)12-15-29(3,4)5;2-1-3;/h11-22H,3-10H2,1-2H3;8-21H,6-7H2,1-5H3;;/q-1;;-1;+2/b;10-8+,11-9+,15-12+;;. The molecule has 0 aliphatic heterocycles. The van der Waals surface area contributed by atoms with E-state index in [1.165, 1.54) is 42.0 Å². The molecule has 13 heteroatoms. The second-order valence-electron chi connectivity index (χ2n) is 18.6. The SMILES string of the molecule is CC/C=C/c1ccnc(-c2cc(/C=C/CC)cc(-c3cc(/C=C/C(C)(C)C)ccn3)n2)c1.CCCCCc1ccc(N(c2ccc(CCCCC)cc2)c2ccnc(-c3cc(C(F)(F)F)n[n-]3)c2)cc1.[N-]=C=S.[Ru+2]. The molecule has 5 heterocycles. The summed E-state index contributed by atoms with van der Waals surface area (Å²) in [5.74, 6) is 0.